The maximum atomic E-state index is 12.5. The maximum Gasteiger partial charge on any atom is 0.274 e. The molecule has 2 rings (SSSR count). The molecule has 1 amide bonds. The van der Waals surface area contributed by atoms with E-state index >= 15 is 0 Å². The van der Waals surface area contributed by atoms with Crippen LogP contribution in [0.25, 0.3) is 0 Å². The molecule has 5 heteroatoms. The second-order valence-corrected chi connectivity index (χ2v) is 4.66. The van der Waals surface area contributed by atoms with Crippen molar-refractivity contribution in [3.05, 3.63) is 24.0 Å². The zero-order valence-electron chi connectivity index (χ0n) is 11.0. The van der Waals surface area contributed by atoms with E-state index in [1.54, 1.807) is 17.8 Å². The van der Waals surface area contributed by atoms with Gasteiger partial charge in [-0.25, -0.2) is 0 Å². The number of carbonyl (C=O) groups is 1. The topological polar surface area (TPSA) is 64.2 Å². The Kier molecular flexibility index (Phi) is 3.41. The molecule has 5 nitrogen and oxygen atoms in total. The predicted molar refractivity (Wildman–Crippen MR) is 71.3 cm³/mol. The summed E-state index contributed by atoms with van der Waals surface area (Å²) in [5.74, 6) is -0.0374. The van der Waals surface area contributed by atoms with Gasteiger partial charge in [0, 0.05) is 19.6 Å². The molecule has 1 aromatic heterocycles. The number of aromatic nitrogens is 2. The van der Waals surface area contributed by atoms with E-state index in [0.717, 1.165) is 25.0 Å². The van der Waals surface area contributed by atoms with E-state index in [4.69, 9.17) is 5.73 Å². The second-order valence-electron chi connectivity index (χ2n) is 4.66. The highest BCUT2D eigenvalue weighted by Crippen LogP contribution is 2.29. The molecule has 18 heavy (non-hydrogen) atoms. The Labute approximate surface area is 107 Å². The van der Waals surface area contributed by atoms with Crippen molar-refractivity contribution in [2.45, 2.75) is 32.2 Å². The third-order valence-corrected chi connectivity index (χ3v) is 3.27. The summed E-state index contributed by atoms with van der Waals surface area (Å²) >= 11 is 0. The van der Waals surface area contributed by atoms with E-state index in [1.807, 2.05) is 11.8 Å². The SMILES string of the molecule is C=CCN(C(=O)c1c(N)c(CC)nn1C)C1CC1. The lowest BCUT2D eigenvalue weighted by Crippen LogP contribution is -2.35. The van der Waals surface area contributed by atoms with Crippen LogP contribution in [0.15, 0.2) is 12.7 Å². The van der Waals surface area contributed by atoms with Crippen LogP contribution >= 0.6 is 0 Å². The van der Waals surface area contributed by atoms with Gasteiger partial charge in [0.25, 0.3) is 5.91 Å². The fraction of sp³-hybridized carbons (Fsp3) is 0.538. The quantitative estimate of drug-likeness (QED) is 0.800. The van der Waals surface area contributed by atoms with Gasteiger partial charge in [0.15, 0.2) is 0 Å². The highest BCUT2D eigenvalue weighted by molar-refractivity contribution is 5.98. The molecule has 98 valence electrons. The Hall–Kier alpha value is -1.78. The summed E-state index contributed by atoms with van der Waals surface area (Å²) in [6.07, 6.45) is 4.62. The first-order valence-electron chi connectivity index (χ1n) is 6.33. The molecule has 0 aliphatic heterocycles. The number of amides is 1. The van der Waals surface area contributed by atoms with Crippen molar-refractivity contribution >= 4 is 11.6 Å². The number of rotatable bonds is 5. The van der Waals surface area contributed by atoms with Crippen LogP contribution in [-0.2, 0) is 13.5 Å². The van der Waals surface area contributed by atoms with Crippen molar-refractivity contribution in [3.8, 4) is 0 Å². The Morgan fingerprint density at radius 3 is 2.78 bits per heavy atom. The van der Waals surface area contributed by atoms with E-state index in [9.17, 15) is 4.79 Å². The molecule has 0 bridgehead atoms. The van der Waals surface area contributed by atoms with Crippen molar-refractivity contribution in [1.29, 1.82) is 0 Å². The van der Waals surface area contributed by atoms with Crippen LogP contribution in [0.3, 0.4) is 0 Å². The molecule has 0 aromatic carbocycles. The zero-order valence-corrected chi connectivity index (χ0v) is 11.0. The number of nitrogen functional groups attached to an aromatic ring is 1. The molecule has 1 aliphatic rings. The normalized spacial score (nSPS) is 14.6. The highest BCUT2D eigenvalue weighted by atomic mass is 16.2. The molecular formula is C13H20N4O. The van der Waals surface area contributed by atoms with Crippen molar-refractivity contribution in [2.24, 2.45) is 7.05 Å². The van der Waals surface area contributed by atoms with Gasteiger partial charge in [-0.1, -0.05) is 13.0 Å². The molecule has 2 N–H and O–H groups in total. The summed E-state index contributed by atoms with van der Waals surface area (Å²) in [5.41, 5.74) is 7.81. The van der Waals surface area contributed by atoms with Gasteiger partial charge < -0.3 is 10.6 Å². The van der Waals surface area contributed by atoms with Crippen LogP contribution in [0.4, 0.5) is 5.69 Å². The molecule has 1 fully saturated rings. The summed E-state index contributed by atoms with van der Waals surface area (Å²) in [5, 5.41) is 4.29. The number of hydrogen-bond donors (Lipinski definition) is 1. The van der Waals surface area contributed by atoms with Gasteiger partial charge in [0.2, 0.25) is 0 Å². The lowest BCUT2D eigenvalue weighted by Gasteiger charge is -2.20. The van der Waals surface area contributed by atoms with Gasteiger partial charge >= 0.3 is 0 Å². The first-order valence-corrected chi connectivity index (χ1v) is 6.33. The summed E-state index contributed by atoms with van der Waals surface area (Å²) in [6, 6.07) is 0.342. The van der Waals surface area contributed by atoms with Crippen LogP contribution in [0.2, 0.25) is 0 Å². The lowest BCUT2D eigenvalue weighted by molar-refractivity contribution is 0.0752. The third kappa shape index (κ3) is 2.12. The highest BCUT2D eigenvalue weighted by Gasteiger charge is 2.34. The number of hydrogen-bond acceptors (Lipinski definition) is 3. The van der Waals surface area contributed by atoms with E-state index in [2.05, 4.69) is 11.7 Å². The minimum atomic E-state index is -0.0374. The van der Waals surface area contributed by atoms with Gasteiger partial charge in [0.1, 0.15) is 5.69 Å². The van der Waals surface area contributed by atoms with Crippen LogP contribution in [-0.4, -0.2) is 33.2 Å². The van der Waals surface area contributed by atoms with Crippen LogP contribution in [0, 0.1) is 0 Å². The monoisotopic (exact) mass is 248 g/mol. The fourth-order valence-electron chi connectivity index (χ4n) is 2.17. The zero-order chi connectivity index (χ0) is 13.3. The van der Waals surface area contributed by atoms with Gasteiger partial charge in [-0.15, -0.1) is 6.58 Å². The van der Waals surface area contributed by atoms with Crippen LogP contribution < -0.4 is 5.73 Å². The largest absolute Gasteiger partial charge is 0.395 e. The van der Waals surface area contributed by atoms with Crippen molar-refractivity contribution in [2.75, 3.05) is 12.3 Å². The number of nitrogens with two attached hydrogens (primary N) is 1. The minimum absolute atomic E-state index is 0.0374. The Bertz CT molecular complexity index is 474. The fourth-order valence-corrected chi connectivity index (χ4v) is 2.17. The summed E-state index contributed by atoms with van der Waals surface area (Å²) in [4.78, 5) is 14.4. The standard InChI is InChI=1S/C13H20N4O/c1-4-8-17(9-6-7-9)13(18)12-11(14)10(5-2)15-16(12)3/h4,9H,1,5-8,14H2,2-3H3. The van der Waals surface area contributed by atoms with Crippen LogP contribution in [0.1, 0.15) is 35.9 Å². The summed E-state index contributed by atoms with van der Waals surface area (Å²) in [7, 11) is 1.77. The van der Waals surface area contributed by atoms with Crippen molar-refractivity contribution < 1.29 is 4.79 Å². The van der Waals surface area contributed by atoms with E-state index in [-0.39, 0.29) is 5.91 Å². The first kappa shape index (κ1) is 12.7. The molecule has 1 heterocycles. The van der Waals surface area contributed by atoms with E-state index in [1.165, 1.54) is 0 Å². The average molecular weight is 248 g/mol. The third-order valence-electron chi connectivity index (χ3n) is 3.27. The molecule has 0 spiro atoms. The maximum absolute atomic E-state index is 12.5. The summed E-state index contributed by atoms with van der Waals surface area (Å²) in [6.45, 7) is 6.25. The van der Waals surface area contributed by atoms with Crippen molar-refractivity contribution in [1.82, 2.24) is 14.7 Å². The van der Waals surface area contributed by atoms with Crippen LogP contribution in [0.5, 0.6) is 0 Å². The number of nitrogens with zero attached hydrogens (tertiary/aromatic N) is 3. The lowest BCUT2D eigenvalue weighted by atomic mass is 10.2. The van der Waals surface area contributed by atoms with Gasteiger partial charge in [-0.05, 0) is 19.3 Å². The van der Waals surface area contributed by atoms with Gasteiger partial charge in [0.05, 0.1) is 11.4 Å². The minimum Gasteiger partial charge on any atom is -0.395 e. The van der Waals surface area contributed by atoms with Crippen molar-refractivity contribution in [3.63, 3.8) is 0 Å². The first-order chi connectivity index (χ1) is 8.60. The molecular weight excluding hydrogens is 228 g/mol. The number of anilines is 1. The summed E-state index contributed by atoms with van der Waals surface area (Å²) < 4.78 is 1.59. The molecule has 1 saturated carbocycles. The molecule has 0 radical (unpaired) electrons. The molecule has 0 unspecified atom stereocenters. The van der Waals surface area contributed by atoms with E-state index < -0.39 is 0 Å². The average Bonchev–Trinajstić information content (AvgIpc) is 3.12. The molecule has 1 aromatic rings. The van der Waals surface area contributed by atoms with E-state index in [0.29, 0.717) is 24.0 Å². The Morgan fingerprint density at radius 1 is 1.67 bits per heavy atom. The second kappa shape index (κ2) is 4.84. The molecule has 0 saturated heterocycles. The Morgan fingerprint density at radius 2 is 2.33 bits per heavy atom. The predicted octanol–water partition coefficient (Wildman–Crippen LogP) is 1.36. The molecule has 0 atom stereocenters. The smallest absolute Gasteiger partial charge is 0.274 e. The van der Waals surface area contributed by atoms with Gasteiger partial charge in [-0.2, -0.15) is 5.10 Å². The number of carbonyl (C=O) groups excluding carboxylic acids is 1. The molecule has 1 aliphatic carbocycles. The Balaban J connectivity index is 2.31. The number of aryl methyl sites for hydroxylation is 2. The van der Waals surface area contributed by atoms with Gasteiger partial charge in [-0.3, -0.25) is 9.48 Å².